The lowest BCUT2D eigenvalue weighted by atomic mass is 9.99. The highest BCUT2D eigenvalue weighted by atomic mass is 32.2. The number of nitrogens with zero attached hydrogens (tertiary/aromatic N) is 2. The number of phenols is 2. The first-order valence-corrected chi connectivity index (χ1v) is 17.3. The number of carbonyl (C=O) groups excluding carboxylic acids is 3. The number of thioether (sulfide) groups is 1. The number of aliphatic hydroxyl groups is 4. The number of fused-ring (bicyclic) bond motifs is 1. The largest absolute Gasteiger partial charge is 0.508 e. The molecule has 0 saturated carbocycles. The van der Waals surface area contributed by atoms with Gasteiger partial charge in [0.25, 0.3) is 5.91 Å². The number of allylic oxidation sites excluding steroid dienone is 1. The number of esters is 1. The number of carbonyl (C=O) groups is 3. The Balaban J connectivity index is 1.50. The number of aliphatic hydroxyl groups excluding tert-OH is 4. The Morgan fingerprint density at radius 2 is 1.82 bits per heavy atom. The van der Waals surface area contributed by atoms with Crippen LogP contribution in [0, 0.1) is 0 Å². The number of likely N-dealkylation sites (tertiary alicyclic amines) is 1. The molecule has 3 aliphatic heterocycles. The number of ether oxygens (including phenoxy) is 2. The molecule has 0 spiro atoms. The molecule has 49 heavy (non-hydrogen) atoms. The van der Waals surface area contributed by atoms with Crippen LogP contribution >= 0.6 is 11.8 Å². The molecule has 2 fully saturated rings. The lowest BCUT2D eigenvalue weighted by molar-refractivity contribution is -0.205. The summed E-state index contributed by atoms with van der Waals surface area (Å²) in [6.45, 7) is 2.07. The minimum Gasteiger partial charge on any atom is -0.508 e. The van der Waals surface area contributed by atoms with Gasteiger partial charge in [-0.3, -0.25) is 9.59 Å². The SMILES string of the molecule is C[C@@H]1C/C=C/[C@H](NC(=O)CS[C@@H]2OC(CO)[C@@H](O)[C@H](O)C2O)C/C=C/C(=N/OCC(=O)N2CCCCC2)Cc2cc(O)cc(O)c2C(=O)O1. The number of amides is 2. The normalized spacial score (nSPS) is 30.4. The van der Waals surface area contributed by atoms with Crippen molar-refractivity contribution < 1.29 is 59.3 Å². The Morgan fingerprint density at radius 1 is 1.06 bits per heavy atom. The van der Waals surface area contributed by atoms with Crippen LogP contribution in [0.1, 0.15) is 54.9 Å². The second-order valence-corrected chi connectivity index (χ2v) is 13.3. The second kappa shape index (κ2) is 18.4. The maximum atomic E-state index is 13.2. The minimum absolute atomic E-state index is 0.0855. The van der Waals surface area contributed by atoms with Gasteiger partial charge in [-0.1, -0.05) is 23.4 Å². The first kappa shape index (κ1) is 38.1. The number of piperidine rings is 1. The summed E-state index contributed by atoms with van der Waals surface area (Å²) in [6, 6.07) is 1.80. The van der Waals surface area contributed by atoms with Gasteiger partial charge < -0.3 is 55.2 Å². The third-order valence-corrected chi connectivity index (χ3v) is 9.40. The monoisotopic (exact) mass is 707 g/mol. The van der Waals surface area contributed by atoms with Crippen LogP contribution in [0.4, 0.5) is 0 Å². The van der Waals surface area contributed by atoms with E-state index in [-0.39, 0.29) is 60.1 Å². The quantitative estimate of drug-likeness (QED) is 0.111. The Hall–Kier alpha value is -3.67. The molecule has 2 amide bonds. The van der Waals surface area contributed by atoms with Crippen LogP contribution in [0.2, 0.25) is 0 Å². The van der Waals surface area contributed by atoms with Crippen LogP contribution in [0.25, 0.3) is 0 Å². The Kier molecular flexibility index (Phi) is 14.3. The maximum absolute atomic E-state index is 13.2. The average molecular weight is 708 g/mol. The third kappa shape index (κ3) is 10.9. The summed E-state index contributed by atoms with van der Waals surface area (Å²) >= 11 is 0.900. The molecule has 2 unspecified atom stereocenters. The molecule has 7 N–H and O–H groups in total. The highest BCUT2D eigenvalue weighted by molar-refractivity contribution is 8.00. The molecule has 1 aromatic rings. The van der Waals surface area contributed by atoms with Crippen molar-refractivity contribution in [2.24, 2.45) is 5.16 Å². The van der Waals surface area contributed by atoms with Gasteiger partial charge in [-0.2, -0.15) is 0 Å². The molecular weight excluding hydrogens is 662 g/mol. The van der Waals surface area contributed by atoms with Gasteiger partial charge in [0.2, 0.25) is 5.91 Å². The zero-order valence-corrected chi connectivity index (χ0v) is 28.0. The molecule has 7 atom stereocenters. The highest BCUT2D eigenvalue weighted by Gasteiger charge is 2.43. The van der Waals surface area contributed by atoms with Gasteiger partial charge in [-0.15, -0.1) is 11.8 Å². The van der Waals surface area contributed by atoms with Crippen molar-refractivity contribution in [2.75, 3.05) is 32.1 Å². The number of hydrogen-bond donors (Lipinski definition) is 7. The zero-order valence-electron chi connectivity index (χ0n) is 27.2. The molecule has 15 nitrogen and oxygen atoms in total. The van der Waals surface area contributed by atoms with Gasteiger partial charge in [-0.05, 0) is 50.3 Å². The number of rotatable bonds is 8. The molecule has 4 rings (SSSR count). The number of phenolic OH excluding ortho intramolecular Hbond substituents is 2. The second-order valence-electron chi connectivity index (χ2n) is 12.2. The number of hydrogen-bond acceptors (Lipinski definition) is 14. The number of benzene rings is 1. The van der Waals surface area contributed by atoms with Crippen molar-refractivity contribution in [1.29, 1.82) is 0 Å². The standard InChI is InChI=1S/C33H45N3O12S/c1-19-7-5-8-21(34-26(40)18-49-33-31(44)30(43)29(42)25(16-37)48-33)9-6-10-22(35-46-17-27(41)36-11-3-2-4-12-36)13-20-14-23(38)15-24(39)28(20)32(45)47-19/h5-6,8,10,14-15,19,21,25,29-31,33,37-39,42-44H,2-4,7,9,11-13,16-18H2,1H3,(H,34,40)/b8-5+,10-6+,35-22-/t19-,21+,25?,29-,30+,31?,33+/m1/s1. The Bertz CT molecular complexity index is 1400. The first-order chi connectivity index (χ1) is 23.5. The summed E-state index contributed by atoms with van der Waals surface area (Å²) in [4.78, 5) is 45.9. The fourth-order valence-corrected chi connectivity index (χ4v) is 6.62. The van der Waals surface area contributed by atoms with Gasteiger partial charge in [0.05, 0.1) is 24.1 Å². The smallest absolute Gasteiger partial charge is 0.342 e. The van der Waals surface area contributed by atoms with E-state index in [0.29, 0.717) is 13.1 Å². The topological polar surface area (TPSA) is 228 Å². The highest BCUT2D eigenvalue weighted by Crippen LogP contribution is 2.30. The van der Waals surface area contributed by atoms with Crippen LogP contribution in [0.15, 0.2) is 41.6 Å². The minimum atomic E-state index is -1.56. The number of aromatic hydroxyl groups is 2. The molecule has 0 aliphatic carbocycles. The lowest BCUT2D eigenvalue weighted by Gasteiger charge is -2.39. The van der Waals surface area contributed by atoms with E-state index in [9.17, 15) is 45.0 Å². The Morgan fingerprint density at radius 3 is 2.55 bits per heavy atom. The summed E-state index contributed by atoms with van der Waals surface area (Å²) in [7, 11) is 0. The molecule has 0 radical (unpaired) electrons. The molecule has 16 heteroatoms. The predicted molar refractivity (Wildman–Crippen MR) is 178 cm³/mol. The van der Waals surface area contributed by atoms with E-state index in [0.717, 1.165) is 37.1 Å². The van der Waals surface area contributed by atoms with E-state index >= 15 is 0 Å². The van der Waals surface area contributed by atoms with Crippen molar-refractivity contribution >= 4 is 35.3 Å². The van der Waals surface area contributed by atoms with Crippen LogP contribution in [0.5, 0.6) is 11.5 Å². The summed E-state index contributed by atoms with van der Waals surface area (Å²) in [5.74, 6) is -2.39. The molecule has 1 aromatic carbocycles. The summed E-state index contributed by atoms with van der Waals surface area (Å²) in [5.41, 5.74) is -0.744. The summed E-state index contributed by atoms with van der Waals surface area (Å²) < 4.78 is 11.0. The molecule has 2 saturated heterocycles. The Labute approximate surface area is 288 Å². The van der Waals surface area contributed by atoms with E-state index in [1.807, 2.05) is 0 Å². The van der Waals surface area contributed by atoms with E-state index < -0.39 is 66.2 Å². The molecule has 270 valence electrons. The van der Waals surface area contributed by atoms with Crippen LogP contribution in [-0.4, -0.2) is 133 Å². The average Bonchev–Trinajstić information content (AvgIpc) is 3.06. The van der Waals surface area contributed by atoms with Crippen molar-refractivity contribution in [3.8, 4) is 11.5 Å². The van der Waals surface area contributed by atoms with Crippen molar-refractivity contribution in [3.05, 3.63) is 47.6 Å². The van der Waals surface area contributed by atoms with Crippen LogP contribution in [-0.2, 0) is 30.3 Å². The van der Waals surface area contributed by atoms with Crippen molar-refractivity contribution in [3.63, 3.8) is 0 Å². The molecule has 0 aromatic heterocycles. The summed E-state index contributed by atoms with van der Waals surface area (Å²) in [5, 5.41) is 67.6. The zero-order chi connectivity index (χ0) is 35.5. The van der Waals surface area contributed by atoms with E-state index in [1.54, 1.807) is 36.1 Å². The van der Waals surface area contributed by atoms with E-state index in [4.69, 9.17) is 14.3 Å². The lowest BCUT2D eigenvalue weighted by Crippen LogP contribution is -2.57. The van der Waals surface area contributed by atoms with Crippen molar-refractivity contribution in [2.45, 2.75) is 87.4 Å². The molecule has 3 heterocycles. The summed E-state index contributed by atoms with van der Waals surface area (Å²) in [6.07, 6.45) is 3.85. The number of oxime groups is 1. The molecular formula is C33H45N3O12S. The molecule has 3 aliphatic rings. The van der Waals surface area contributed by atoms with Crippen molar-refractivity contribution in [1.82, 2.24) is 10.2 Å². The van der Waals surface area contributed by atoms with Crippen LogP contribution in [0.3, 0.4) is 0 Å². The maximum Gasteiger partial charge on any atom is 0.342 e. The predicted octanol–water partition coefficient (Wildman–Crippen LogP) is 0.495. The fraction of sp³-hybridized carbons (Fsp3) is 0.576. The van der Waals surface area contributed by atoms with E-state index in [2.05, 4.69) is 10.5 Å². The van der Waals surface area contributed by atoms with E-state index in [1.165, 1.54) is 6.07 Å². The van der Waals surface area contributed by atoms with Gasteiger partial charge in [0.1, 0.15) is 53.0 Å². The first-order valence-electron chi connectivity index (χ1n) is 16.2. The van der Waals surface area contributed by atoms with Gasteiger partial charge in [0.15, 0.2) is 6.61 Å². The third-order valence-electron chi connectivity index (χ3n) is 8.26. The van der Waals surface area contributed by atoms with Gasteiger partial charge in [0, 0.05) is 32.0 Å². The molecule has 0 bridgehead atoms. The van der Waals surface area contributed by atoms with Gasteiger partial charge in [-0.25, -0.2) is 4.79 Å². The number of nitrogens with one attached hydrogen (secondary N) is 1. The fourth-order valence-electron chi connectivity index (χ4n) is 5.64. The van der Waals surface area contributed by atoms with Gasteiger partial charge >= 0.3 is 5.97 Å². The van der Waals surface area contributed by atoms with Crippen LogP contribution < -0.4 is 5.32 Å². The number of cyclic esters (lactones) is 1.